The van der Waals surface area contributed by atoms with Crippen LogP contribution >= 0.6 is 0 Å². The molecule has 4 heteroatoms. The largest absolute Gasteiger partial charge is 0.304 e. The fraction of sp³-hybridized carbons (Fsp3) is 0.200. The molecule has 0 aliphatic rings. The Morgan fingerprint density at radius 1 is 1.29 bits per heavy atom. The standard InChI is InChI=1S/C10H11F2NO/c11-9-5-4-8(7-10(9)12)3-1-2-6-14-13/h1,3-5,7H,2,6,13H2/b3-1+. The molecule has 0 aliphatic carbocycles. The van der Waals surface area contributed by atoms with Crippen LogP contribution in [0.4, 0.5) is 8.78 Å². The third-order valence-corrected chi connectivity index (χ3v) is 1.66. The lowest BCUT2D eigenvalue weighted by Gasteiger charge is -1.95. The topological polar surface area (TPSA) is 35.2 Å². The minimum atomic E-state index is -0.845. The van der Waals surface area contributed by atoms with Gasteiger partial charge in [0.25, 0.3) is 0 Å². The van der Waals surface area contributed by atoms with Crippen molar-refractivity contribution in [3.8, 4) is 0 Å². The molecule has 0 amide bonds. The van der Waals surface area contributed by atoms with Gasteiger partial charge < -0.3 is 4.84 Å². The van der Waals surface area contributed by atoms with Gasteiger partial charge in [0, 0.05) is 0 Å². The molecule has 0 bridgehead atoms. The van der Waals surface area contributed by atoms with Gasteiger partial charge in [-0.25, -0.2) is 14.7 Å². The molecule has 0 aliphatic heterocycles. The highest BCUT2D eigenvalue weighted by atomic mass is 19.2. The second kappa shape index (κ2) is 5.47. The maximum atomic E-state index is 12.7. The van der Waals surface area contributed by atoms with Crippen molar-refractivity contribution in [1.29, 1.82) is 0 Å². The Labute approximate surface area is 80.9 Å². The summed E-state index contributed by atoms with van der Waals surface area (Å²) in [4.78, 5) is 4.34. The molecule has 1 aromatic carbocycles. The SMILES string of the molecule is NOCC/C=C/c1ccc(F)c(F)c1. The highest BCUT2D eigenvalue weighted by Gasteiger charge is 1.99. The zero-order valence-corrected chi connectivity index (χ0v) is 7.54. The molecule has 1 aromatic rings. The summed E-state index contributed by atoms with van der Waals surface area (Å²) < 4.78 is 25.2. The number of benzene rings is 1. The molecule has 76 valence electrons. The van der Waals surface area contributed by atoms with Gasteiger partial charge in [-0.2, -0.15) is 0 Å². The summed E-state index contributed by atoms with van der Waals surface area (Å²) in [5, 5.41) is 0. The fourth-order valence-electron chi connectivity index (χ4n) is 0.972. The molecule has 0 fully saturated rings. The predicted octanol–water partition coefficient (Wildman–Crippen LogP) is 2.26. The molecule has 0 saturated carbocycles. The predicted molar refractivity (Wildman–Crippen MR) is 50.1 cm³/mol. The average Bonchev–Trinajstić information content (AvgIpc) is 2.18. The van der Waals surface area contributed by atoms with Crippen molar-refractivity contribution in [2.45, 2.75) is 6.42 Å². The van der Waals surface area contributed by atoms with Crippen molar-refractivity contribution < 1.29 is 13.6 Å². The van der Waals surface area contributed by atoms with Crippen molar-refractivity contribution in [3.05, 3.63) is 41.5 Å². The van der Waals surface area contributed by atoms with Crippen molar-refractivity contribution in [1.82, 2.24) is 0 Å². The Kier molecular flexibility index (Phi) is 4.22. The van der Waals surface area contributed by atoms with Crippen molar-refractivity contribution in [2.24, 2.45) is 5.90 Å². The number of nitrogens with two attached hydrogens (primary N) is 1. The molecule has 0 spiro atoms. The van der Waals surface area contributed by atoms with Crippen molar-refractivity contribution >= 4 is 6.08 Å². The van der Waals surface area contributed by atoms with E-state index in [1.165, 1.54) is 6.07 Å². The Bertz CT molecular complexity index is 326. The fourth-order valence-corrected chi connectivity index (χ4v) is 0.972. The molecule has 2 nitrogen and oxygen atoms in total. The summed E-state index contributed by atoms with van der Waals surface area (Å²) in [6.07, 6.45) is 4.09. The molecule has 0 radical (unpaired) electrons. The molecule has 0 atom stereocenters. The molecule has 0 unspecified atom stereocenters. The van der Waals surface area contributed by atoms with E-state index in [0.717, 1.165) is 12.1 Å². The van der Waals surface area contributed by atoms with E-state index in [1.54, 1.807) is 12.2 Å². The van der Waals surface area contributed by atoms with Gasteiger partial charge in [-0.15, -0.1) is 0 Å². The van der Waals surface area contributed by atoms with Gasteiger partial charge in [0.1, 0.15) is 0 Å². The van der Waals surface area contributed by atoms with Crippen LogP contribution in [0.15, 0.2) is 24.3 Å². The van der Waals surface area contributed by atoms with Crippen LogP contribution < -0.4 is 5.90 Å². The zero-order chi connectivity index (χ0) is 10.4. The molecule has 14 heavy (non-hydrogen) atoms. The first-order valence-electron chi connectivity index (χ1n) is 4.17. The van der Waals surface area contributed by atoms with Gasteiger partial charge in [-0.05, 0) is 24.1 Å². The van der Waals surface area contributed by atoms with Crippen LogP contribution in [-0.2, 0) is 4.84 Å². The van der Waals surface area contributed by atoms with Gasteiger partial charge in [0.05, 0.1) is 6.61 Å². The van der Waals surface area contributed by atoms with Gasteiger partial charge in [0.15, 0.2) is 11.6 Å². The van der Waals surface area contributed by atoms with E-state index < -0.39 is 11.6 Å². The lowest BCUT2D eigenvalue weighted by Crippen LogP contribution is -1.98. The minimum Gasteiger partial charge on any atom is -0.304 e. The summed E-state index contributed by atoms with van der Waals surface area (Å²) >= 11 is 0. The summed E-state index contributed by atoms with van der Waals surface area (Å²) in [6, 6.07) is 3.72. The van der Waals surface area contributed by atoms with E-state index in [-0.39, 0.29) is 0 Å². The third-order valence-electron chi connectivity index (χ3n) is 1.66. The van der Waals surface area contributed by atoms with E-state index in [0.29, 0.717) is 18.6 Å². The van der Waals surface area contributed by atoms with E-state index >= 15 is 0 Å². The number of hydrogen-bond acceptors (Lipinski definition) is 2. The third kappa shape index (κ3) is 3.24. The number of halogens is 2. The second-order valence-corrected chi connectivity index (χ2v) is 2.74. The molecule has 0 heterocycles. The Morgan fingerprint density at radius 2 is 2.07 bits per heavy atom. The Balaban J connectivity index is 2.59. The highest BCUT2D eigenvalue weighted by molar-refractivity contribution is 5.48. The quantitative estimate of drug-likeness (QED) is 0.596. The van der Waals surface area contributed by atoms with Crippen LogP contribution in [0.3, 0.4) is 0 Å². The van der Waals surface area contributed by atoms with E-state index in [4.69, 9.17) is 5.90 Å². The maximum Gasteiger partial charge on any atom is 0.159 e. The van der Waals surface area contributed by atoms with E-state index in [1.807, 2.05) is 0 Å². The van der Waals surface area contributed by atoms with Gasteiger partial charge in [-0.3, -0.25) is 0 Å². The molecule has 0 saturated heterocycles. The van der Waals surface area contributed by atoms with Crippen molar-refractivity contribution in [3.63, 3.8) is 0 Å². The zero-order valence-electron chi connectivity index (χ0n) is 7.54. The summed E-state index contributed by atoms with van der Waals surface area (Å²) in [5.74, 6) is 3.12. The molecular weight excluding hydrogens is 188 g/mol. The van der Waals surface area contributed by atoms with Crippen molar-refractivity contribution in [2.75, 3.05) is 6.61 Å². The average molecular weight is 199 g/mol. The van der Waals surface area contributed by atoms with Gasteiger partial charge in [0.2, 0.25) is 0 Å². The number of hydrogen-bond donors (Lipinski definition) is 1. The van der Waals surface area contributed by atoms with Crippen LogP contribution in [0.2, 0.25) is 0 Å². The number of rotatable bonds is 4. The normalized spacial score (nSPS) is 11.1. The minimum absolute atomic E-state index is 0.403. The van der Waals surface area contributed by atoms with Crippen LogP contribution in [0, 0.1) is 11.6 Å². The monoisotopic (exact) mass is 199 g/mol. The molecule has 0 aromatic heterocycles. The summed E-state index contributed by atoms with van der Waals surface area (Å²) in [7, 11) is 0. The van der Waals surface area contributed by atoms with Crippen LogP contribution in [0.25, 0.3) is 6.08 Å². The Morgan fingerprint density at radius 3 is 2.71 bits per heavy atom. The summed E-state index contributed by atoms with van der Waals surface area (Å²) in [5.41, 5.74) is 0.612. The maximum absolute atomic E-state index is 12.7. The molecule has 2 N–H and O–H groups in total. The van der Waals surface area contributed by atoms with E-state index in [9.17, 15) is 8.78 Å². The molecule has 1 rings (SSSR count). The second-order valence-electron chi connectivity index (χ2n) is 2.74. The lowest BCUT2D eigenvalue weighted by molar-refractivity contribution is 0.143. The first kappa shape index (κ1) is 10.8. The lowest BCUT2D eigenvalue weighted by atomic mass is 10.2. The molecular formula is C10H11F2NO. The van der Waals surface area contributed by atoms with Crippen LogP contribution in [0.1, 0.15) is 12.0 Å². The highest BCUT2D eigenvalue weighted by Crippen LogP contribution is 2.10. The first-order valence-corrected chi connectivity index (χ1v) is 4.17. The summed E-state index contributed by atoms with van der Waals surface area (Å²) in [6.45, 7) is 0.403. The van der Waals surface area contributed by atoms with Crippen LogP contribution in [-0.4, -0.2) is 6.61 Å². The van der Waals surface area contributed by atoms with Crippen LogP contribution in [0.5, 0.6) is 0 Å². The smallest absolute Gasteiger partial charge is 0.159 e. The van der Waals surface area contributed by atoms with Gasteiger partial charge >= 0.3 is 0 Å². The first-order chi connectivity index (χ1) is 6.74. The van der Waals surface area contributed by atoms with E-state index in [2.05, 4.69) is 4.84 Å². The van der Waals surface area contributed by atoms with Gasteiger partial charge in [-0.1, -0.05) is 18.2 Å². The Hall–Kier alpha value is -1.26.